The van der Waals surface area contributed by atoms with Crippen LogP contribution in [0.25, 0.3) is 0 Å². The Balaban J connectivity index is -0.0000000756. The summed E-state index contributed by atoms with van der Waals surface area (Å²) < 4.78 is 140. The van der Waals surface area contributed by atoms with Crippen LogP contribution < -0.4 is 109 Å². The van der Waals surface area contributed by atoms with Gasteiger partial charge in [-0.05, 0) is 0 Å². The second-order valence-corrected chi connectivity index (χ2v) is 11.4. The molecule has 334 valence electrons. The molecular weight excluding hydrogens is 933 g/mol. The molecule has 2 radical (unpaired) electrons. The molecule has 2 aromatic rings. The van der Waals surface area contributed by atoms with Crippen LogP contribution in [0.2, 0.25) is 0 Å². The van der Waals surface area contributed by atoms with Crippen molar-refractivity contribution in [2.45, 2.75) is 0 Å². The zero-order chi connectivity index (χ0) is 42.5. The van der Waals surface area contributed by atoms with E-state index in [0.717, 1.165) is 39.3 Å². The van der Waals surface area contributed by atoms with Gasteiger partial charge in [0, 0.05) is 117 Å². The van der Waals surface area contributed by atoms with E-state index < -0.39 is 41.0 Å². The summed E-state index contributed by atoms with van der Waals surface area (Å²) in [5.74, 6) is 0. The standard InChI is InChI=1S/2C6H18N4.2C4H6N2.4ClHO4.2Cu/c2*7-1-4-10(5-2-8)6-3-9;2*1-6-3-2-5-4-6;4*2-1(3,4)5;;/h2*1-9H2;2*2-4H,1H3;4*(H,2,3,4,5);;/q;;;;;;;;2*+2/p-4. The molecule has 0 aliphatic heterocycles. The number of halogens is 4. The Kier molecular flexibility index (Phi) is 60.0. The maximum absolute atomic E-state index is 8.49. The molecular formula is C20H48Cl4Cu2N12O16. The Bertz CT molecular complexity index is 790. The van der Waals surface area contributed by atoms with Gasteiger partial charge in [0.05, 0.1) is 12.7 Å². The Morgan fingerprint density at radius 3 is 0.611 bits per heavy atom. The van der Waals surface area contributed by atoms with Crippen molar-refractivity contribution in [3.63, 3.8) is 0 Å². The van der Waals surface area contributed by atoms with Gasteiger partial charge in [0.1, 0.15) is 0 Å². The molecule has 34 heteroatoms. The van der Waals surface area contributed by atoms with Crippen molar-refractivity contribution < 1.29 is 150 Å². The summed E-state index contributed by atoms with van der Waals surface area (Å²) in [6, 6.07) is 0. The third-order valence-corrected chi connectivity index (χ3v) is 3.95. The molecule has 0 saturated heterocycles. The van der Waals surface area contributed by atoms with Crippen molar-refractivity contribution in [3.05, 3.63) is 37.4 Å². The number of aryl methyl sites for hydroxylation is 2. The van der Waals surface area contributed by atoms with E-state index in [0.29, 0.717) is 39.3 Å². The van der Waals surface area contributed by atoms with Crippen LogP contribution in [-0.2, 0) is 48.2 Å². The predicted octanol–water partition coefficient (Wildman–Crippen LogP) is -21.9. The second kappa shape index (κ2) is 45.4. The predicted molar refractivity (Wildman–Crippen MR) is 134 cm³/mol. The van der Waals surface area contributed by atoms with Gasteiger partial charge in [-0.15, -0.1) is 41.0 Å². The molecule has 2 aromatic heterocycles. The van der Waals surface area contributed by atoms with E-state index >= 15 is 0 Å². The van der Waals surface area contributed by atoms with Gasteiger partial charge in [-0.2, -0.15) is 0 Å². The van der Waals surface area contributed by atoms with Gasteiger partial charge < -0.3 is 43.5 Å². The minimum Gasteiger partial charge on any atom is -0.341 e. The van der Waals surface area contributed by atoms with Gasteiger partial charge in [0.2, 0.25) is 0 Å². The fraction of sp³-hybridized carbons (Fsp3) is 0.700. The fourth-order valence-electron chi connectivity index (χ4n) is 2.42. The van der Waals surface area contributed by atoms with Crippen molar-refractivity contribution in [2.75, 3.05) is 78.5 Å². The SMILES string of the molecule is Cn1ccnc1.Cn1ccnc1.NCCN(CCN)CCN.NCCN(CCN)CCN.[Cu+2].[Cu+2].[O-][Cl+3]([O-])([O-])[O-].[O-][Cl+3]([O-])([O-])[O-].[O-][Cl+3]([O-])([O-])[O-].[O-][Cl+3]([O-])([O-])[O-]. The second-order valence-electron chi connectivity index (χ2n) is 8.38. The first-order chi connectivity index (χ1) is 23.5. The first-order valence-corrected chi connectivity index (χ1v) is 18.4. The summed E-state index contributed by atoms with van der Waals surface area (Å²) in [7, 11) is -15.9. The van der Waals surface area contributed by atoms with Gasteiger partial charge in [-0.3, -0.25) is 9.80 Å². The molecule has 0 bridgehead atoms. The zero-order valence-corrected chi connectivity index (χ0v) is 33.7. The van der Waals surface area contributed by atoms with Crippen LogP contribution in [0.5, 0.6) is 0 Å². The monoisotopic (exact) mass is 978 g/mol. The fourth-order valence-corrected chi connectivity index (χ4v) is 2.42. The summed E-state index contributed by atoms with van der Waals surface area (Å²) in [6.07, 6.45) is 10.8. The van der Waals surface area contributed by atoms with Crippen molar-refractivity contribution in [2.24, 2.45) is 48.5 Å². The average molecular weight is 982 g/mol. The Morgan fingerprint density at radius 1 is 0.407 bits per heavy atom. The number of rotatable bonds is 12. The first-order valence-electron chi connectivity index (χ1n) is 13.4. The molecule has 0 saturated carbocycles. The van der Waals surface area contributed by atoms with Crippen LogP contribution in [0.4, 0.5) is 0 Å². The van der Waals surface area contributed by atoms with Gasteiger partial charge >= 0.3 is 34.1 Å². The third-order valence-electron chi connectivity index (χ3n) is 3.95. The van der Waals surface area contributed by atoms with Crippen LogP contribution in [0.3, 0.4) is 0 Å². The Labute approximate surface area is 341 Å². The maximum atomic E-state index is 8.49. The molecule has 2 heterocycles. The first kappa shape index (κ1) is 71.4. The van der Waals surface area contributed by atoms with Crippen LogP contribution in [0.1, 0.15) is 0 Å². The van der Waals surface area contributed by atoms with Crippen LogP contribution in [-0.4, -0.2) is 107 Å². The number of hydrogen-bond acceptors (Lipinski definition) is 26. The van der Waals surface area contributed by atoms with Crippen molar-refractivity contribution in [1.82, 2.24) is 28.9 Å². The molecule has 0 atom stereocenters. The van der Waals surface area contributed by atoms with Gasteiger partial charge in [-0.1, -0.05) is 0 Å². The molecule has 54 heavy (non-hydrogen) atoms. The minimum atomic E-state index is -4.94. The average Bonchev–Trinajstić information content (AvgIpc) is 3.60. The number of hydrogen-bond donors (Lipinski definition) is 6. The van der Waals surface area contributed by atoms with Gasteiger partial charge in [0.15, 0.2) is 0 Å². The summed E-state index contributed by atoms with van der Waals surface area (Å²) in [5.41, 5.74) is 32.2. The molecule has 28 nitrogen and oxygen atoms in total. The molecule has 0 aliphatic carbocycles. The normalized spacial score (nSPS) is 10.4. The third kappa shape index (κ3) is 132. The maximum Gasteiger partial charge on any atom is 2.00 e. The van der Waals surface area contributed by atoms with Crippen molar-refractivity contribution >= 4 is 0 Å². The Hall–Kier alpha value is -0.341. The zero-order valence-electron chi connectivity index (χ0n) is 28.7. The van der Waals surface area contributed by atoms with E-state index in [1.165, 1.54) is 0 Å². The molecule has 0 aliphatic rings. The molecule has 0 unspecified atom stereocenters. The van der Waals surface area contributed by atoms with Crippen molar-refractivity contribution in [1.29, 1.82) is 0 Å². The number of nitrogens with zero attached hydrogens (tertiary/aromatic N) is 6. The van der Waals surface area contributed by atoms with Crippen LogP contribution in [0, 0.1) is 41.0 Å². The van der Waals surface area contributed by atoms with E-state index in [-0.39, 0.29) is 34.1 Å². The molecule has 0 fully saturated rings. The van der Waals surface area contributed by atoms with Crippen LogP contribution >= 0.6 is 0 Å². The van der Waals surface area contributed by atoms with Crippen LogP contribution in [0.15, 0.2) is 37.4 Å². The van der Waals surface area contributed by atoms with E-state index in [9.17, 15) is 0 Å². The van der Waals surface area contributed by atoms with E-state index in [1.54, 1.807) is 25.0 Å². The van der Waals surface area contributed by atoms with Crippen molar-refractivity contribution in [3.8, 4) is 0 Å². The molecule has 0 aromatic carbocycles. The summed E-state index contributed by atoms with van der Waals surface area (Å²) in [4.78, 5) is 11.9. The summed E-state index contributed by atoms with van der Waals surface area (Å²) >= 11 is 0. The molecule has 0 amide bonds. The number of nitrogens with two attached hydrogens (primary N) is 6. The topological polar surface area (TPSA) is 567 Å². The quantitative estimate of drug-likeness (QED) is 0.108. The molecule has 0 spiro atoms. The molecule has 12 N–H and O–H groups in total. The number of aromatic nitrogens is 4. The Morgan fingerprint density at radius 2 is 0.556 bits per heavy atom. The van der Waals surface area contributed by atoms with E-state index in [4.69, 9.17) is 109 Å². The largest absolute Gasteiger partial charge is 2.00 e. The van der Waals surface area contributed by atoms with E-state index in [1.807, 2.05) is 35.6 Å². The van der Waals surface area contributed by atoms with Gasteiger partial charge in [0.25, 0.3) is 0 Å². The molecule has 2 rings (SSSR count). The van der Waals surface area contributed by atoms with Gasteiger partial charge in [-0.25, -0.2) is 84.5 Å². The van der Waals surface area contributed by atoms with E-state index in [2.05, 4.69) is 19.8 Å². The number of imidazole rings is 2. The smallest absolute Gasteiger partial charge is 0.341 e. The summed E-state index contributed by atoms with van der Waals surface area (Å²) in [6.45, 7) is 9.47. The summed E-state index contributed by atoms with van der Waals surface area (Å²) in [5, 5.41) is 0. The minimum absolute atomic E-state index is 0.